The van der Waals surface area contributed by atoms with E-state index in [4.69, 9.17) is 23.2 Å². The van der Waals surface area contributed by atoms with E-state index in [9.17, 15) is 4.21 Å². The second kappa shape index (κ2) is 7.25. The van der Waals surface area contributed by atoms with E-state index in [1.165, 1.54) is 16.5 Å². The van der Waals surface area contributed by atoms with Crippen LogP contribution in [-0.2, 0) is 10.8 Å². The molecule has 0 unspecified atom stereocenters. The van der Waals surface area contributed by atoms with E-state index in [2.05, 4.69) is 22.3 Å². The second-order valence-electron chi connectivity index (χ2n) is 5.14. The number of halogens is 2. The summed E-state index contributed by atoms with van der Waals surface area (Å²) in [6, 6.07) is 13.1. The molecule has 25 heavy (non-hydrogen) atoms. The van der Waals surface area contributed by atoms with E-state index in [1.54, 1.807) is 29.5 Å². The number of thioether (sulfide) groups is 1. The number of hydrogen-bond donors (Lipinski definition) is 0. The first kappa shape index (κ1) is 17.3. The van der Waals surface area contributed by atoms with Crippen molar-refractivity contribution in [2.45, 2.75) is 10.1 Å². The molecular formula is C16H11Cl2N3OS3. The van der Waals surface area contributed by atoms with Gasteiger partial charge in [0.2, 0.25) is 4.96 Å². The normalized spacial score (nSPS) is 12.9. The first-order valence-electron chi connectivity index (χ1n) is 7.32. The van der Waals surface area contributed by atoms with Gasteiger partial charge in [-0.2, -0.15) is 0 Å². The van der Waals surface area contributed by atoms with Crippen LogP contribution in [-0.4, -0.2) is 30.3 Å². The van der Waals surface area contributed by atoms with E-state index < -0.39 is 10.8 Å². The number of para-hydroxylation sites is 1. The largest absolute Gasteiger partial charge is 0.260 e. The number of rotatable bonds is 5. The molecule has 0 spiro atoms. The summed E-state index contributed by atoms with van der Waals surface area (Å²) in [6.45, 7) is 0. The van der Waals surface area contributed by atoms with Crippen molar-refractivity contribution in [1.82, 2.24) is 14.6 Å². The lowest BCUT2D eigenvalue weighted by Gasteiger charge is -2.05. The molecular weight excluding hydrogens is 417 g/mol. The summed E-state index contributed by atoms with van der Waals surface area (Å²) in [6.07, 6.45) is 0. The fraction of sp³-hybridized carbons (Fsp3) is 0.125. The molecule has 0 bridgehead atoms. The summed E-state index contributed by atoms with van der Waals surface area (Å²) < 4.78 is 15.7. The Kier molecular flexibility index (Phi) is 5.01. The van der Waals surface area contributed by atoms with Gasteiger partial charge >= 0.3 is 0 Å². The molecule has 128 valence electrons. The first-order valence-corrected chi connectivity index (χ1v) is 11.2. The SMILES string of the molecule is O=[S@@](CCSc1nnc2sc3ccccc3n12)c1cc(Cl)ccc1Cl. The Hall–Kier alpha value is -1.12. The monoisotopic (exact) mass is 427 g/mol. The summed E-state index contributed by atoms with van der Waals surface area (Å²) in [5, 5.41) is 10.3. The zero-order valence-electron chi connectivity index (χ0n) is 12.7. The van der Waals surface area contributed by atoms with Gasteiger partial charge in [0.25, 0.3) is 0 Å². The van der Waals surface area contributed by atoms with Crippen LogP contribution in [0, 0.1) is 0 Å². The predicted molar refractivity (Wildman–Crippen MR) is 107 cm³/mol. The highest BCUT2D eigenvalue weighted by atomic mass is 35.5. The van der Waals surface area contributed by atoms with Gasteiger partial charge in [0, 0.05) is 16.5 Å². The third-order valence-electron chi connectivity index (χ3n) is 3.55. The molecule has 4 aromatic rings. The molecule has 0 radical (unpaired) electrons. The average molecular weight is 428 g/mol. The zero-order valence-corrected chi connectivity index (χ0v) is 16.6. The smallest absolute Gasteiger partial charge is 0.217 e. The van der Waals surface area contributed by atoms with Crippen molar-refractivity contribution in [3.8, 4) is 0 Å². The topological polar surface area (TPSA) is 47.3 Å². The minimum atomic E-state index is -1.21. The standard InChI is InChI=1S/C16H11Cl2N3OS3/c17-10-5-6-11(18)14(9-10)25(22)8-7-23-15-19-20-16-21(15)12-3-1-2-4-13(12)24-16/h1-6,9H,7-8H2/t25-/m0/s1. The third-order valence-corrected chi connectivity index (χ3v) is 7.83. The Morgan fingerprint density at radius 2 is 2.00 bits per heavy atom. The van der Waals surface area contributed by atoms with Crippen molar-refractivity contribution >= 4 is 72.3 Å². The Morgan fingerprint density at radius 3 is 2.88 bits per heavy atom. The summed E-state index contributed by atoms with van der Waals surface area (Å²) in [5.41, 5.74) is 1.09. The van der Waals surface area contributed by atoms with Crippen molar-refractivity contribution in [3.05, 3.63) is 52.5 Å². The molecule has 2 aromatic carbocycles. The minimum absolute atomic E-state index is 0.460. The highest BCUT2D eigenvalue weighted by molar-refractivity contribution is 8.00. The van der Waals surface area contributed by atoms with Crippen molar-refractivity contribution in [3.63, 3.8) is 0 Å². The summed E-state index contributed by atoms with van der Waals surface area (Å²) >= 11 is 15.2. The van der Waals surface area contributed by atoms with Gasteiger partial charge in [0.1, 0.15) is 0 Å². The first-order chi connectivity index (χ1) is 12.1. The van der Waals surface area contributed by atoms with Gasteiger partial charge in [-0.25, -0.2) is 0 Å². The van der Waals surface area contributed by atoms with Crippen LogP contribution in [0.1, 0.15) is 0 Å². The Bertz CT molecular complexity index is 1090. The molecule has 0 saturated heterocycles. The van der Waals surface area contributed by atoms with Crippen LogP contribution in [0.25, 0.3) is 15.2 Å². The number of nitrogens with zero attached hydrogens (tertiary/aromatic N) is 3. The van der Waals surface area contributed by atoms with E-state index in [1.807, 2.05) is 16.5 Å². The van der Waals surface area contributed by atoms with Crippen LogP contribution in [0.3, 0.4) is 0 Å². The minimum Gasteiger partial charge on any atom is -0.260 e. The van der Waals surface area contributed by atoms with Crippen LogP contribution < -0.4 is 0 Å². The van der Waals surface area contributed by atoms with Crippen molar-refractivity contribution < 1.29 is 4.21 Å². The number of fused-ring (bicyclic) bond motifs is 3. The maximum atomic E-state index is 12.5. The molecule has 0 aliphatic rings. The lowest BCUT2D eigenvalue weighted by Crippen LogP contribution is -2.02. The summed E-state index contributed by atoms with van der Waals surface area (Å²) in [5.74, 6) is 1.10. The lowest BCUT2D eigenvalue weighted by atomic mass is 10.3. The van der Waals surface area contributed by atoms with E-state index in [0.29, 0.717) is 26.4 Å². The molecule has 0 aliphatic heterocycles. The third kappa shape index (κ3) is 3.44. The zero-order chi connectivity index (χ0) is 17.4. The van der Waals surface area contributed by atoms with Gasteiger partial charge < -0.3 is 0 Å². The molecule has 1 atom stereocenters. The fourth-order valence-electron chi connectivity index (χ4n) is 2.42. The molecule has 0 fully saturated rings. The van der Waals surface area contributed by atoms with Crippen LogP contribution in [0.4, 0.5) is 0 Å². The molecule has 0 saturated carbocycles. The average Bonchev–Trinajstić information content (AvgIpc) is 3.16. The van der Waals surface area contributed by atoms with Gasteiger partial charge in [-0.1, -0.05) is 58.4 Å². The van der Waals surface area contributed by atoms with E-state index >= 15 is 0 Å². The fourth-order valence-corrected chi connectivity index (χ4v) is 6.35. The Labute approximate surface area is 164 Å². The number of thiazole rings is 1. The van der Waals surface area contributed by atoms with E-state index in [0.717, 1.165) is 15.6 Å². The number of aromatic nitrogens is 3. The number of hydrogen-bond acceptors (Lipinski definition) is 5. The molecule has 4 rings (SSSR count). The van der Waals surface area contributed by atoms with Crippen molar-refractivity contribution in [1.29, 1.82) is 0 Å². The van der Waals surface area contributed by atoms with Gasteiger partial charge in [0.15, 0.2) is 5.16 Å². The Morgan fingerprint density at radius 1 is 1.16 bits per heavy atom. The van der Waals surface area contributed by atoms with Crippen molar-refractivity contribution in [2.75, 3.05) is 11.5 Å². The molecule has 0 N–H and O–H groups in total. The molecule has 9 heteroatoms. The number of benzene rings is 2. The van der Waals surface area contributed by atoms with Gasteiger partial charge in [-0.15, -0.1) is 10.2 Å². The molecule has 2 heterocycles. The summed E-state index contributed by atoms with van der Waals surface area (Å²) in [4.78, 5) is 1.44. The maximum Gasteiger partial charge on any atom is 0.217 e. The van der Waals surface area contributed by atoms with Crippen LogP contribution >= 0.6 is 46.3 Å². The van der Waals surface area contributed by atoms with Crippen molar-refractivity contribution in [2.24, 2.45) is 0 Å². The second-order valence-corrected chi connectivity index (χ2v) is 9.60. The quantitative estimate of drug-likeness (QED) is 0.413. The maximum absolute atomic E-state index is 12.5. The molecule has 0 amide bonds. The van der Waals surface area contributed by atoms with Gasteiger partial charge in [-0.05, 0) is 30.3 Å². The lowest BCUT2D eigenvalue weighted by molar-refractivity contribution is 0.684. The highest BCUT2D eigenvalue weighted by Crippen LogP contribution is 2.30. The Balaban J connectivity index is 1.51. The molecule has 4 nitrogen and oxygen atoms in total. The molecule has 0 aliphatic carbocycles. The van der Waals surface area contributed by atoms with Crippen LogP contribution in [0.5, 0.6) is 0 Å². The molecule has 2 aromatic heterocycles. The van der Waals surface area contributed by atoms with Crippen LogP contribution in [0.15, 0.2) is 52.5 Å². The van der Waals surface area contributed by atoms with Gasteiger partial charge in [0.05, 0.1) is 30.9 Å². The summed E-state index contributed by atoms with van der Waals surface area (Å²) in [7, 11) is -1.21. The van der Waals surface area contributed by atoms with E-state index in [-0.39, 0.29) is 0 Å². The predicted octanol–water partition coefficient (Wildman–Crippen LogP) is 5.15. The highest BCUT2D eigenvalue weighted by Gasteiger charge is 2.14. The van der Waals surface area contributed by atoms with Gasteiger partial charge in [-0.3, -0.25) is 8.61 Å². The van der Waals surface area contributed by atoms with Crippen LogP contribution in [0.2, 0.25) is 10.0 Å².